The minimum Gasteiger partial charge on any atom is -0.410 e. The molecule has 0 radical (unpaired) electrons. The van der Waals surface area contributed by atoms with Crippen molar-refractivity contribution >= 4 is 17.3 Å². The van der Waals surface area contributed by atoms with Gasteiger partial charge in [-0.05, 0) is 52.9 Å². The number of hydrogen-bond acceptors (Lipinski definition) is 2. The molecule has 0 amide bonds. The maximum absolute atomic E-state index is 9.72. The van der Waals surface area contributed by atoms with Crippen molar-refractivity contribution in [2.45, 2.75) is 26.2 Å². The van der Waals surface area contributed by atoms with Gasteiger partial charge in [-0.25, -0.2) is 0 Å². The van der Waals surface area contributed by atoms with Crippen LogP contribution < -0.4 is 0 Å². The number of hydrogen-bond donors (Lipinski definition) is 1. The number of oxime groups is 1. The molecular formula is C23H20ClNO. The molecule has 3 aromatic carbocycles. The molecule has 130 valence electrons. The molecule has 1 N–H and O–H groups in total. The monoisotopic (exact) mass is 361 g/mol. The second kappa shape index (κ2) is 6.00. The summed E-state index contributed by atoms with van der Waals surface area (Å²) in [6.07, 6.45) is 0. The predicted molar refractivity (Wildman–Crippen MR) is 108 cm³/mol. The number of halogens is 1. The quantitative estimate of drug-likeness (QED) is 0.330. The summed E-state index contributed by atoms with van der Waals surface area (Å²) in [6.45, 7) is 6.44. The lowest BCUT2D eigenvalue weighted by Crippen LogP contribution is -2.16. The van der Waals surface area contributed by atoms with Crippen LogP contribution in [0.15, 0.2) is 65.8 Å². The second-order valence-electron chi connectivity index (χ2n) is 7.34. The van der Waals surface area contributed by atoms with Crippen molar-refractivity contribution < 1.29 is 5.21 Å². The first-order valence-electron chi connectivity index (χ1n) is 8.67. The van der Waals surface area contributed by atoms with E-state index in [1.54, 1.807) is 0 Å². The molecule has 1 aliphatic rings. The molecule has 26 heavy (non-hydrogen) atoms. The van der Waals surface area contributed by atoms with Crippen LogP contribution in [0.25, 0.3) is 11.1 Å². The summed E-state index contributed by atoms with van der Waals surface area (Å²) >= 11 is 6.24. The van der Waals surface area contributed by atoms with Gasteiger partial charge in [0.1, 0.15) is 5.71 Å². The van der Waals surface area contributed by atoms with E-state index in [1.807, 2.05) is 43.3 Å². The van der Waals surface area contributed by atoms with Crippen LogP contribution in [0.1, 0.15) is 41.7 Å². The Bertz CT molecular complexity index is 1050. The van der Waals surface area contributed by atoms with Crippen LogP contribution in [0.3, 0.4) is 0 Å². The van der Waals surface area contributed by atoms with Crippen LogP contribution in [0.5, 0.6) is 0 Å². The number of nitrogens with zero attached hydrogens (tertiary/aromatic N) is 1. The number of aryl methyl sites for hydroxylation is 1. The standard InChI is InChI=1S/C23H20ClNO/c1-14-6-4-5-7-17(14)22(25-26)15-8-10-18-19-11-9-16(24)13-21(19)23(2,3)20(18)12-15/h4-13,26H,1-3H3. The lowest BCUT2D eigenvalue weighted by molar-refractivity contribution is 0.319. The van der Waals surface area contributed by atoms with Gasteiger partial charge < -0.3 is 5.21 Å². The van der Waals surface area contributed by atoms with Crippen LogP contribution in [0.4, 0.5) is 0 Å². The average molecular weight is 362 g/mol. The molecule has 0 aliphatic heterocycles. The third-order valence-electron chi connectivity index (χ3n) is 5.41. The van der Waals surface area contributed by atoms with E-state index >= 15 is 0 Å². The summed E-state index contributed by atoms with van der Waals surface area (Å²) in [5.74, 6) is 0. The highest BCUT2D eigenvalue weighted by Gasteiger charge is 2.36. The van der Waals surface area contributed by atoms with Crippen LogP contribution in [-0.4, -0.2) is 10.9 Å². The number of benzene rings is 3. The Morgan fingerprint density at radius 2 is 1.58 bits per heavy atom. The van der Waals surface area contributed by atoms with Crippen molar-refractivity contribution in [2.24, 2.45) is 5.16 Å². The summed E-state index contributed by atoms with van der Waals surface area (Å²) in [7, 11) is 0. The summed E-state index contributed by atoms with van der Waals surface area (Å²) in [5.41, 5.74) is 8.26. The molecular weight excluding hydrogens is 342 g/mol. The van der Waals surface area contributed by atoms with E-state index in [-0.39, 0.29) is 5.41 Å². The molecule has 0 spiro atoms. The summed E-state index contributed by atoms with van der Waals surface area (Å²) in [5, 5.41) is 14.1. The Morgan fingerprint density at radius 1 is 0.923 bits per heavy atom. The van der Waals surface area contributed by atoms with E-state index in [0.29, 0.717) is 5.71 Å². The first-order chi connectivity index (χ1) is 12.4. The molecule has 0 unspecified atom stereocenters. The first-order valence-corrected chi connectivity index (χ1v) is 9.04. The third-order valence-corrected chi connectivity index (χ3v) is 5.65. The van der Waals surface area contributed by atoms with Gasteiger partial charge in [-0.15, -0.1) is 0 Å². The molecule has 0 saturated carbocycles. The zero-order valence-electron chi connectivity index (χ0n) is 15.0. The topological polar surface area (TPSA) is 32.6 Å². The van der Waals surface area contributed by atoms with Gasteiger partial charge in [0, 0.05) is 21.6 Å². The Hall–Kier alpha value is -2.58. The van der Waals surface area contributed by atoms with Crippen LogP contribution in [0.2, 0.25) is 5.02 Å². The largest absolute Gasteiger partial charge is 0.410 e. The van der Waals surface area contributed by atoms with Gasteiger partial charge in [0.25, 0.3) is 0 Å². The highest BCUT2D eigenvalue weighted by atomic mass is 35.5. The van der Waals surface area contributed by atoms with Gasteiger partial charge in [0.2, 0.25) is 0 Å². The second-order valence-corrected chi connectivity index (χ2v) is 7.78. The van der Waals surface area contributed by atoms with Crippen molar-refractivity contribution in [3.63, 3.8) is 0 Å². The molecule has 3 heteroatoms. The Morgan fingerprint density at radius 3 is 2.27 bits per heavy atom. The predicted octanol–water partition coefficient (Wildman–Crippen LogP) is 6.18. The fraction of sp³-hybridized carbons (Fsp3) is 0.174. The smallest absolute Gasteiger partial charge is 0.117 e. The Kier molecular flexibility index (Phi) is 3.89. The van der Waals surface area contributed by atoms with Crippen LogP contribution in [0, 0.1) is 6.92 Å². The van der Waals surface area contributed by atoms with Gasteiger partial charge >= 0.3 is 0 Å². The van der Waals surface area contributed by atoms with E-state index in [9.17, 15) is 5.21 Å². The lowest BCUT2D eigenvalue weighted by atomic mass is 9.81. The molecule has 0 saturated heterocycles. The molecule has 0 heterocycles. The Balaban J connectivity index is 1.89. The van der Waals surface area contributed by atoms with E-state index in [4.69, 9.17) is 11.6 Å². The van der Waals surface area contributed by atoms with Gasteiger partial charge in [-0.2, -0.15) is 0 Å². The fourth-order valence-corrected chi connectivity index (χ4v) is 4.13. The van der Waals surface area contributed by atoms with Gasteiger partial charge in [-0.1, -0.05) is 73.1 Å². The highest BCUT2D eigenvalue weighted by molar-refractivity contribution is 6.30. The minimum absolute atomic E-state index is 0.155. The minimum atomic E-state index is -0.155. The van der Waals surface area contributed by atoms with Crippen molar-refractivity contribution in [1.82, 2.24) is 0 Å². The Labute approximate surface area is 158 Å². The van der Waals surface area contributed by atoms with Gasteiger partial charge in [0.15, 0.2) is 0 Å². The molecule has 3 aromatic rings. The summed E-state index contributed by atoms with van der Waals surface area (Å²) < 4.78 is 0. The molecule has 0 atom stereocenters. The maximum atomic E-state index is 9.72. The zero-order valence-corrected chi connectivity index (χ0v) is 15.8. The molecule has 0 fully saturated rings. The van der Waals surface area contributed by atoms with E-state index in [0.717, 1.165) is 21.7 Å². The zero-order chi connectivity index (χ0) is 18.5. The number of rotatable bonds is 2. The summed E-state index contributed by atoms with van der Waals surface area (Å²) in [6, 6.07) is 20.3. The third kappa shape index (κ3) is 2.45. The SMILES string of the molecule is Cc1ccccc1C(=NO)c1ccc2c(c1)C(C)(C)c1cc(Cl)ccc1-2. The lowest BCUT2D eigenvalue weighted by Gasteiger charge is -2.22. The molecule has 1 aliphatic carbocycles. The van der Waals surface area contributed by atoms with Crippen molar-refractivity contribution in [1.29, 1.82) is 0 Å². The molecule has 0 aromatic heterocycles. The van der Waals surface area contributed by atoms with Crippen LogP contribution >= 0.6 is 11.6 Å². The van der Waals surface area contributed by atoms with Crippen molar-refractivity contribution in [3.8, 4) is 11.1 Å². The van der Waals surface area contributed by atoms with Crippen LogP contribution in [-0.2, 0) is 5.41 Å². The maximum Gasteiger partial charge on any atom is 0.117 e. The average Bonchev–Trinajstić information content (AvgIpc) is 2.84. The van der Waals surface area contributed by atoms with E-state index in [2.05, 4.69) is 43.3 Å². The first kappa shape index (κ1) is 16.9. The number of fused-ring (bicyclic) bond motifs is 3. The molecule has 4 rings (SSSR count). The summed E-state index contributed by atoms with van der Waals surface area (Å²) in [4.78, 5) is 0. The van der Waals surface area contributed by atoms with Crippen molar-refractivity contribution in [3.05, 3.63) is 93.5 Å². The van der Waals surface area contributed by atoms with E-state index in [1.165, 1.54) is 22.3 Å². The van der Waals surface area contributed by atoms with Gasteiger partial charge in [0.05, 0.1) is 0 Å². The molecule has 2 nitrogen and oxygen atoms in total. The van der Waals surface area contributed by atoms with E-state index < -0.39 is 0 Å². The highest BCUT2D eigenvalue weighted by Crippen LogP contribution is 2.49. The fourth-order valence-electron chi connectivity index (χ4n) is 3.96. The molecule has 0 bridgehead atoms. The van der Waals surface area contributed by atoms with Crippen molar-refractivity contribution in [2.75, 3.05) is 0 Å². The normalized spacial score (nSPS) is 14.8. The van der Waals surface area contributed by atoms with Gasteiger partial charge in [-0.3, -0.25) is 0 Å².